The van der Waals surface area contributed by atoms with E-state index in [2.05, 4.69) is 20.6 Å². The number of nitrogens with one attached hydrogen (secondary N) is 2. The van der Waals surface area contributed by atoms with Crippen LogP contribution in [-0.4, -0.2) is 65.3 Å². The summed E-state index contributed by atoms with van der Waals surface area (Å²) in [6.45, 7) is 3.15. The van der Waals surface area contributed by atoms with Crippen molar-refractivity contribution in [3.8, 4) is 0 Å². The van der Waals surface area contributed by atoms with Gasteiger partial charge in [-0.1, -0.05) is 12.1 Å². The Bertz CT molecular complexity index is 1000. The summed E-state index contributed by atoms with van der Waals surface area (Å²) in [4.78, 5) is 23.6. The van der Waals surface area contributed by atoms with Crippen LogP contribution in [-0.2, 0) is 4.74 Å². The molecule has 2 aromatic carbocycles. The first-order valence-corrected chi connectivity index (χ1v) is 10.1. The lowest BCUT2D eigenvalue weighted by Crippen LogP contribution is -2.40. The molecule has 0 bridgehead atoms. The topological polar surface area (TPSA) is 99.6 Å². The van der Waals surface area contributed by atoms with E-state index in [1.54, 1.807) is 0 Å². The van der Waals surface area contributed by atoms with E-state index in [1.807, 2.05) is 53.4 Å². The first kappa shape index (κ1) is 20.1. The van der Waals surface area contributed by atoms with Crippen molar-refractivity contribution in [2.75, 3.05) is 50.1 Å². The molecule has 8 nitrogen and oxygen atoms in total. The van der Waals surface area contributed by atoms with E-state index < -0.39 is 0 Å². The van der Waals surface area contributed by atoms with Crippen LogP contribution in [0.25, 0.3) is 10.9 Å². The fraction of sp³-hybridized carbons (Fsp3) is 0.318. The molecule has 0 spiro atoms. The fourth-order valence-electron chi connectivity index (χ4n) is 3.33. The number of aromatic nitrogens is 2. The predicted octanol–water partition coefficient (Wildman–Crippen LogP) is 2.64. The summed E-state index contributed by atoms with van der Waals surface area (Å²) in [5.74, 6) is 1.20. The molecule has 3 aromatic rings. The highest BCUT2D eigenvalue weighted by Gasteiger charge is 2.18. The maximum atomic E-state index is 12.6. The van der Waals surface area contributed by atoms with E-state index in [0.717, 1.165) is 22.4 Å². The van der Waals surface area contributed by atoms with Crippen LogP contribution in [0.2, 0.25) is 0 Å². The fourth-order valence-corrected chi connectivity index (χ4v) is 3.33. The van der Waals surface area contributed by atoms with Crippen molar-refractivity contribution in [2.45, 2.75) is 6.42 Å². The molecule has 1 aromatic heterocycles. The molecule has 3 N–H and O–H groups in total. The van der Waals surface area contributed by atoms with Crippen LogP contribution in [0.1, 0.15) is 16.8 Å². The normalized spacial score (nSPS) is 14.0. The number of carbonyl (C=O) groups is 1. The zero-order chi connectivity index (χ0) is 20.8. The molecule has 156 valence electrons. The number of rotatable bonds is 7. The molecular weight excluding hydrogens is 382 g/mol. The Balaban J connectivity index is 1.51. The van der Waals surface area contributed by atoms with Gasteiger partial charge in [-0.3, -0.25) is 4.79 Å². The molecule has 1 amide bonds. The summed E-state index contributed by atoms with van der Waals surface area (Å²) >= 11 is 0. The molecule has 0 aliphatic carbocycles. The lowest BCUT2D eigenvalue weighted by Gasteiger charge is -2.26. The van der Waals surface area contributed by atoms with Gasteiger partial charge in [0.25, 0.3) is 5.91 Å². The van der Waals surface area contributed by atoms with Crippen LogP contribution in [0.3, 0.4) is 0 Å². The number of hydrogen-bond donors (Lipinski definition) is 3. The Hall–Kier alpha value is -3.23. The van der Waals surface area contributed by atoms with Gasteiger partial charge in [-0.2, -0.15) is 4.98 Å². The third kappa shape index (κ3) is 4.67. The summed E-state index contributed by atoms with van der Waals surface area (Å²) in [6, 6.07) is 15.1. The minimum Gasteiger partial charge on any atom is -0.396 e. The van der Waals surface area contributed by atoms with Crippen molar-refractivity contribution < 1.29 is 14.6 Å². The maximum absolute atomic E-state index is 12.6. The molecule has 1 aliphatic rings. The van der Waals surface area contributed by atoms with Gasteiger partial charge in [0.15, 0.2) is 0 Å². The van der Waals surface area contributed by atoms with Crippen LogP contribution in [0.4, 0.5) is 17.5 Å². The van der Waals surface area contributed by atoms with Crippen LogP contribution >= 0.6 is 0 Å². The number of ether oxygens (including phenoxy) is 1. The Morgan fingerprint density at radius 1 is 1.07 bits per heavy atom. The molecule has 0 radical (unpaired) electrons. The third-order valence-corrected chi connectivity index (χ3v) is 4.92. The number of carbonyl (C=O) groups excluding carboxylic acids is 1. The average Bonchev–Trinajstić information content (AvgIpc) is 2.80. The Morgan fingerprint density at radius 2 is 1.83 bits per heavy atom. The SMILES string of the molecule is O=C(c1ccc(Nc2nc(NCCCO)c3ccccc3n2)cc1)N1CCOCC1. The van der Waals surface area contributed by atoms with Crippen molar-refractivity contribution in [1.82, 2.24) is 14.9 Å². The lowest BCUT2D eigenvalue weighted by atomic mass is 10.1. The van der Waals surface area contributed by atoms with Crippen molar-refractivity contribution in [3.05, 3.63) is 54.1 Å². The Labute approximate surface area is 174 Å². The van der Waals surface area contributed by atoms with Crippen LogP contribution in [0, 0.1) is 0 Å². The molecule has 0 atom stereocenters. The number of amides is 1. The van der Waals surface area contributed by atoms with Gasteiger partial charge in [0.1, 0.15) is 5.82 Å². The first-order chi connectivity index (χ1) is 14.7. The number of fused-ring (bicyclic) bond motifs is 1. The van der Waals surface area contributed by atoms with Gasteiger partial charge in [0.05, 0.1) is 18.7 Å². The van der Waals surface area contributed by atoms with E-state index >= 15 is 0 Å². The van der Waals surface area contributed by atoms with Gasteiger partial charge in [0.2, 0.25) is 5.95 Å². The Kier molecular flexibility index (Phi) is 6.36. The van der Waals surface area contributed by atoms with Gasteiger partial charge >= 0.3 is 0 Å². The number of anilines is 3. The maximum Gasteiger partial charge on any atom is 0.254 e. The summed E-state index contributed by atoms with van der Waals surface area (Å²) in [6.07, 6.45) is 0.639. The molecule has 2 heterocycles. The minimum absolute atomic E-state index is 0.0159. The van der Waals surface area contributed by atoms with Crippen molar-refractivity contribution >= 4 is 34.3 Å². The van der Waals surface area contributed by atoms with E-state index in [-0.39, 0.29) is 12.5 Å². The predicted molar refractivity (Wildman–Crippen MR) is 116 cm³/mol. The number of hydrogen-bond acceptors (Lipinski definition) is 7. The highest BCUT2D eigenvalue weighted by Crippen LogP contribution is 2.24. The standard InChI is InChI=1S/C22H25N5O3/c28-13-3-10-23-20-18-4-1-2-5-19(18)25-22(26-20)24-17-8-6-16(7-9-17)21(29)27-11-14-30-15-12-27/h1-2,4-9,28H,3,10-15H2,(H2,23,24,25,26). The van der Waals surface area contributed by atoms with Gasteiger partial charge in [-0.05, 0) is 42.8 Å². The molecule has 1 aliphatic heterocycles. The monoisotopic (exact) mass is 407 g/mol. The number of aliphatic hydroxyl groups excluding tert-OH is 1. The van der Waals surface area contributed by atoms with E-state index in [4.69, 9.17) is 9.84 Å². The van der Waals surface area contributed by atoms with Crippen LogP contribution in [0.15, 0.2) is 48.5 Å². The zero-order valence-corrected chi connectivity index (χ0v) is 16.7. The van der Waals surface area contributed by atoms with Gasteiger partial charge in [-0.25, -0.2) is 4.98 Å². The quantitative estimate of drug-likeness (QED) is 0.518. The summed E-state index contributed by atoms with van der Waals surface area (Å²) in [7, 11) is 0. The Morgan fingerprint density at radius 3 is 2.60 bits per heavy atom. The molecule has 0 saturated carbocycles. The summed E-state index contributed by atoms with van der Waals surface area (Å²) in [5.41, 5.74) is 2.26. The molecule has 30 heavy (non-hydrogen) atoms. The number of nitrogens with zero attached hydrogens (tertiary/aromatic N) is 3. The van der Waals surface area contributed by atoms with Crippen LogP contribution in [0.5, 0.6) is 0 Å². The van der Waals surface area contributed by atoms with Gasteiger partial charge in [-0.15, -0.1) is 0 Å². The highest BCUT2D eigenvalue weighted by atomic mass is 16.5. The second-order valence-electron chi connectivity index (χ2n) is 7.02. The largest absolute Gasteiger partial charge is 0.396 e. The highest BCUT2D eigenvalue weighted by molar-refractivity contribution is 5.95. The van der Waals surface area contributed by atoms with Gasteiger partial charge < -0.3 is 25.4 Å². The number of benzene rings is 2. The van der Waals surface area contributed by atoms with E-state index in [0.29, 0.717) is 50.8 Å². The molecule has 1 saturated heterocycles. The van der Waals surface area contributed by atoms with Crippen molar-refractivity contribution in [3.63, 3.8) is 0 Å². The smallest absolute Gasteiger partial charge is 0.254 e. The number of morpholine rings is 1. The first-order valence-electron chi connectivity index (χ1n) is 10.1. The van der Waals surface area contributed by atoms with E-state index in [9.17, 15) is 4.79 Å². The zero-order valence-electron chi connectivity index (χ0n) is 16.7. The second kappa shape index (κ2) is 9.51. The minimum atomic E-state index is 0.0159. The second-order valence-corrected chi connectivity index (χ2v) is 7.02. The number of para-hydroxylation sites is 1. The number of aliphatic hydroxyl groups is 1. The van der Waals surface area contributed by atoms with Crippen molar-refractivity contribution in [2.24, 2.45) is 0 Å². The average molecular weight is 407 g/mol. The lowest BCUT2D eigenvalue weighted by molar-refractivity contribution is 0.0303. The summed E-state index contributed by atoms with van der Waals surface area (Å²) < 4.78 is 5.31. The molecule has 1 fully saturated rings. The van der Waals surface area contributed by atoms with Crippen molar-refractivity contribution in [1.29, 1.82) is 0 Å². The third-order valence-electron chi connectivity index (χ3n) is 4.92. The molecular formula is C22H25N5O3. The molecule has 4 rings (SSSR count). The van der Waals surface area contributed by atoms with Gasteiger partial charge in [0, 0.05) is 42.9 Å². The van der Waals surface area contributed by atoms with Crippen LogP contribution < -0.4 is 10.6 Å². The van der Waals surface area contributed by atoms with E-state index in [1.165, 1.54) is 0 Å². The molecule has 0 unspecified atom stereocenters. The molecule has 8 heteroatoms. The summed E-state index contributed by atoms with van der Waals surface area (Å²) in [5, 5.41) is 16.4.